The second-order valence-corrected chi connectivity index (χ2v) is 15.3. The molecule has 0 bridgehead atoms. The van der Waals surface area contributed by atoms with Gasteiger partial charge >= 0.3 is 24.7 Å². The molecule has 10 unspecified atom stereocenters. The minimum absolute atomic E-state index is 0.176. The number of alkyl halides is 12. The third-order valence-electron chi connectivity index (χ3n) is 11.2. The van der Waals surface area contributed by atoms with Crippen LogP contribution in [0.2, 0.25) is 0 Å². The van der Waals surface area contributed by atoms with Gasteiger partial charge in [-0.3, -0.25) is 0 Å². The molecule has 4 rings (SSSR count). The molecular weight excluding hydrogens is 636 g/mol. The average molecular weight is 693 g/mol. The summed E-state index contributed by atoms with van der Waals surface area (Å²) in [6, 6.07) is 0. The van der Waals surface area contributed by atoms with Gasteiger partial charge in [0.05, 0.1) is 23.7 Å². The van der Waals surface area contributed by atoms with Gasteiger partial charge in [-0.05, 0) is 98.7 Å². The molecule has 12 heteroatoms. The largest absolute Gasteiger partial charge is 0.392 e. The molecule has 0 aromatic carbocycles. The van der Waals surface area contributed by atoms with Crippen LogP contribution in [0.3, 0.4) is 0 Å². The van der Waals surface area contributed by atoms with Crippen LogP contribution < -0.4 is 0 Å². The number of hydrogen-bond donors (Lipinski definition) is 0. The molecule has 4 saturated carbocycles. The van der Waals surface area contributed by atoms with E-state index in [1.54, 1.807) is 20.8 Å². The SMILES string of the molecule is CC1CC(C(F)(F)F)C[C@@H](C)C1.CC1CC(C)C(C(F)(F)F)C1.CC1CCC(C(F)(F)F)C1C.CC1CCCC(C(F)(F)F)[C@@H]1C. The van der Waals surface area contributed by atoms with Crippen LogP contribution in [0.1, 0.15) is 120 Å². The quantitative estimate of drug-likeness (QED) is 0.222. The van der Waals surface area contributed by atoms with Crippen molar-refractivity contribution in [1.82, 2.24) is 0 Å². The molecule has 0 aromatic rings. The Hall–Kier alpha value is -0.840. The van der Waals surface area contributed by atoms with Gasteiger partial charge in [0.15, 0.2) is 0 Å². The van der Waals surface area contributed by atoms with Gasteiger partial charge in [0, 0.05) is 0 Å². The second kappa shape index (κ2) is 17.2. The molecule has 46 heavy (non-hydrogen) atoms. The zero-order valence-corrected chi connectivity index (χ0v) is 28.5. The summed E-state index contributed by atoms with van der Waals surface area (Å²) in [5.74, 6) is -3.56. The first kappa shape index (κ1) is 43.2. The van der Waals surface area contributed by atoms with E-state index in [-0.39, 0.29) is 47.3 Å². The predicted molar refractivity (Wildman–Crippen MR) is 158 cm³/mol. The van der Waals surface area contributed by atoms with E-state index in [0.29, 0.717) is 32.1 Å². The molecule has 0 radical (unpaired) electrons. The van der Waals surface area contributed by atoms with Crippen molar-refractivity contribution >= 4 is 0 Å². The van der Waals surface area contributed by atoms with Crippen molar-refractivity contribution in [2.75, 3.05) is 0 Å². The van der Waals surface area contributed by atoms with Crippen LogP contribution in [0.5, 0.6) is 0 Å². The molecule has 4 aliphatic carbocycles. The first-order valence-corrected chi connectivity index (χ1v) is 16.9. The molecule has 0 aliphatic heterocycles. The Labute approximate surface area is 268 Å². The van der Waals surface area contributed by atoms with Gasteiger partial charge in [-0.15, -0.1) is 0 Å². The summed E-state index contributed by atoms with van der Waals surface area (Å²) in [5.41, 5.74) is 0. The van der Waals surface area contributed by atoms with Crippen LogP contribution in [0.4, 0.5) is 52.7 Å². The van der Waals surface area contributed by atoms with Gasteiger partial charge in [-0.2, -0.15) is 52.7 Å². The van der Waals surface area contributed by atoms with E-state index in [2.05, 4.69) is 0 Å². The molecule has 4 fully saturated rings. The Morgan fingerprint density at radius 3 is 1.02 bits per heavy atom. The van der Waals surface area contributed by atoms with Crippen molar-refractivity contribution < 1.29 is 52.7 Å². The maximum Gasteiger partial charge on any atom is 0.392 e. The van der Waals surface area contributed by atoms with E-state index < -0.39 is 48.4 Å². The molecule has 0 nitrogen and oxygen atoms in total. The fourth-order valence-corrected chi connectivity index (χ4v) is 8.10. The normalized spacial score (nSPS) is 38.9. The number of rotatable bonds is 0. The van der Waals surface area contributed by atoms with E-state index in [1.807, 2.05) is 34.6 Å². The molecule has 0 spiro atoms. The molecule has 276 valence electrons. The highest BCUT2D eigenvalue weighted by Gasteiger charge is 2.49. The lowest BCUT2D eigenvalue weighted by atomic mass is 9.73. The Balaban J connectivity index is 0.000000307. The van der Waals surface area contributed by atoms with Crippen LogP contribution in [0, 0.1) is 71.0 Å². The molecule has 4 aliphatic rings. The zero-order valence-electron chi connectivity index (χ0n) is 28.5. The molecule has 12 atom stereocenters. The number of hydrogen-bond acceptors (Lipinski definition) is 0. The lowest BCUT2D eigenvalue weighted by Crippen LogP contribution is -2.35. The molecular formula is C34H56F12. The monoisotopic (exact) mass is 692 g/mol. The highest BCUT2D eigenvalue weighted by Crippen LogP contribution is 2.47. The predicted octanol–water partition coefficient (Wildman–Crippen LogP) is 13.7. The molecule has 0 saturated heterocycles. The zero-order chi connectivity index (χ0) is 36.0. The Kier molecular flexibility index (Phi) is 16.1. The maximum atomic E-state index is 12.4. The molecule has 0 heterocycles. The standard InChI is InChI=1S/2C9H15F3.2C8H13F3/c1-6-3-7(2)5-8(4-6)9(10,11)12;1-6-4-3-5-8(7(6)2)9(10,11)12;1-5-3-6(2)7(4-5)8(9,10)11;1-5-3-4-7(6(5)2)8(9,10)11/h2*6-8H,3-5H2,1-2H3;2*5-7H,3-4H2,1-2H3/t6-,7?,8?;6?,7-,8?;;/m01../s1. The lowest BCUT2D eigenvalue weighted by molar-refractivity contribution is -0.199. The van der Waals surface area contributed by atoms with E-state index in [0.717, 1.165) is 32.1 Å². The Morgan fingerprint density at radius 2 is 0.739 bits per heavy atom. The molecule has 0 N–H and O–H groups in total. The van der Waals surface area contributed by atoms with Crippen LogP contribution in [0.25, 0.3) is 0 Å². The van der Waals surface area contributed by atoms with Crippen molar-refractivity contribution in [3.8, 4) is 0 Å². The van der Waals surface area contributed by atoms with Gasteiger partial charge < -0.3 is 0 Å². The summed E-state index contributed by atoms with van der Waals surface area (Å²) in [6.45, 7) is 14.7. The number of halogens is 12. The Morgan fingerprint density at radius 1 is 0.348 bits per heavy atom. The second-order valence-electron chi connectivity index (χ2n) is 15.3. The van der Waals surface area contributed by atoms with Crippen LogP contribution >= 0.6 is 0 Å². The topological polar surface area (TPSA) is 0 Å². The van der Waals surface area contributed by atoms with E-state index >= 15 is 0 Å². The summed E-state index contributed by atoms with van der Waals surface area (Å²) < 4.78 is 147. The van der Waals surface area contributed by atoms with Gasteiger partial charge in [0.25, 0.3) is 0 Å². The van der Waals surface area contributed by atoms with E-state index in [9.17, 15) is 52.7 Å². The lowest BCUT2D eigenvalue weighted by Gasteiger charge is -2.35. The summed E-state index contributed by atoms with van der Waals surface area (Å²) >= 11 is 0. The van der Waals surface area contributed by atoms with E-state index in [1.165, 1.54) is 0 Å². The molecule has 0 amide bonds. The van der Waals surface area contributed by atoms with Crippen molar-refractivity contribution in [2.45, 2.75) is 144 Å². The third-order valence-corrected chi connectivity index (χ3v) is 11.2. The Bertz CT molecular complexity index is 836. The highest BCUT2D eigenvalue weighted by atomic mass is 19.4. The van der Waals surface area contributed by atoms with Crippen LogP contribution in [-0.2, 0) is 0 Å². The average Bonchev–Trinajstić information content (AvgIpc) is 3.40. The fraction of sp³-hybridized carbons (Fsp3) is 1.00. The minimum atomic E-state index is -3.98. The van der Waals surface area contributed by atoms with Crippen molar-refractivity contribution in [1.29, 1.82) is 0 Å². The van der Waals surface area contributed by atoms with Gasteiger partial charge in [-0.1, -0.05) is 68.2 Å². The third kappa shape index (κ3) is 13.9. The van der Waals surface area contributed by atoms with Gasteiger partial charge in [0.2, 0.25) is 0 Å². The van der Waals surface area contributed by atoms with Gasteiger partial charge in [0.1, 0.15) is 0 Å². The highest BCUT2D eigenvalue weighted by molar-refractivity contribution is 4.85. The summed E-state index contributed by atoms with van der Waals surface area (Å²) in [7, 11) is 0. The first-order chi connectivity index (χ1) is 20.7. The van der Waals surface area contributed by atoms with Crippen LogP contribution in [-0.4, -0.2) is 24.7 Å². The summed E-state index contributed by atoms with van der Waals surface area (Å²) in [4.78, 5) is 0. The summed E-state index contributed by atoms with van der Waals surface area (Å²) in [5, 5.41) is 0. The van der Waals surface area contributed by atoms with Crippen molar-refractivity contribution in [2.24, 2.45) is 71.0 Å². The smallest absolute Gasteiger partial charge is 0.171 e. The van der Waals surface area contributed by atoms with Crippen molar-refractivity contribution in [3.63, 3.8) is 0 Å². The molecule has 0 aromatic heterocycles. The van der Waals surface area contributed by atoms with E-state index in [4.69, 9.17) is 0 Å². The fourth-order valence-electron chi connectivity index (χ4n) is 8.10. The summed E-state index contributed by atoms with van der Waals surface area (Å²) in [6.07, 6.45) is -10.2. The minimum Gasteiger partial charge on any atom is -0.171 e. The van der Waals surface area contributed by atoms with Crippen LogP contribution in [0.15, 0.2) is 0 Å². The first-order valence-electron chi connectivity index (χ1n) is 16.9. The van der Waals surface area contributed by atoms with Crippen molar-refractivity contribution in [3.05, 3.63) is 0 Å². The van der Waals surface area contributed by atoms with Gasteiger partial charge in [-0.25, -0.2) is 0 Å². The maximum absolute atomic E-state index is 12.4.